The number of nitrogens with one attached hydrogen (secondary N) is 1. The van der Waals surface area contributed by atoms with E-state index in [0.717, 1.165) is 12.0 Å². The van der Waals surface area contributed by atoms with E-state index in [9.17, 15) is 0 Å². The van der Waals surface area contributed by atoms with Crippen molar-refractivity contribution in [2.45, 2.75) is 38.1 Å². The fourth-order valence-corrected chi connectivity index (χ4v) is 4.02. The van der Waals surface area contributed by atoms with Gasteiger partial charge in [0, 0.05) is 38.8 Å². The molecule has 17 heavy (non-hydrogen) atoms. The zero-order valence-electron chi connectivity index (χ0n) is 11.0. The third-order valence-electron chi connectivity index (χ3n) is 4.93. The standard InChI is InChI=1S/C14H27N3/c1-2-8-17-9-3-4-13(14(17)5-1)12-16-10-6-15-7-11-16/h13-15H,1-12H2/t13-,14-/m1/s1. The first-order valence-corrected chi connectivity index (χ1v) is 7.60. The molecule has 0 aromatic heterocycles. The van der Waals surface area contributed by atoms with Gasteiger partial charge < -0.3 is 15.1 Å². The Morgan fingerprint density at radius 2 is 1.71 bits per heavy atom. The Bertz CT molecular complexity index is 236. The molecule has 2 atom stereocenters. The molecule has 0 bridgehead atoms. The first-order valence-electron chi connectivity index (χ1n) is 7.60. The van der Waals surface area contributed by atoms with E-state index in [1.807, 2.05) is 0 Å². The van der Waals surface area contributed by atoms with Crippen LogP contribution < -0.4 is 5.32 Å². The van der Waals surface area contributed by atoms with Gasteiger partial charge in [-0.25, -0.2) is 0 Å². The van der Waals surface area contributed by atoms with E-state index < -0.39 is 0 Å². The van der Waals surface area contributed by atoms with Crippen LogP contribution >= 0.6 is 0 Å². The number of fused-ring (bicyclic) bond motifs is 1. The minimum absolute atomic E-state index is 0.924. The van der Waals surface area contributed by atoms with Gasteiger partial charge in [0.05, 0.1) is 0 Å². The van der Waals surface area contributed by atoms with E-state index in [1.165, 1.54) is 77.9 Å². The minimum atomic E-state index is 0.924. The van der Waals surface area contributed by atoms with E-state index in [2.05, 4.69) is 15.1 Å². The van der Waals surface area contributed by atoms with Gasteiger partial charge in [0.15, 0.2) is 0 Å². The summed E-state index contributed by atoms with van der Waals surface area (Å²) in [5, 5.41) is 3.46. The van der Waals surface area contributed by atoms with Crippen LogP contribution in [0.25, 0.3) is 0 Å². The molecular weight excluding hydrogens is 210 g/mol. The molecule has 0 saturated carbocycles. The zero-order valence-corrected chi connectivity index (χ0v) is 11.0. The summed E-state index contributed by atoms with van der Waals surface area (Å²) in [6.07, 6.45) is 7.30. The molecule has 3 aliphatic rings. The van der Waals surface area contributed by atoms with E-state index in [1.54, 1.807) is 0 Å². The zero-order chi connectivity index (χ0) is 11.5. The third-order valence-corrected chi connectivity index (χ3v) is 4.93. The summed E-state index contributed by atoms with van der Waals surface area (Å²) in [7, 11) is 0. The monoisotopic (exact) mass is 237 g/mol. The molecular formula is C14H27N3. The predicted molar refractivity (Wildman–Crippen MR) is 71.2 cm³/mol. The summed E-state index contributed by atoms with van der Waals surface area (Å²) < 4.78 is 0. The average Bonchev–Trinajstić information content (AvgIpc) is 2.40. The van der Waals surface area contributed by atoms with Crippen molar-refractivity contribution in [3.8, 4) is 0 Å². The number of piperazine rings is 1. The largest absolute Gasteiger partial charge is 0.314 e. The summed E-state index contributed by atoms with van der Waals surface area (Å²) >= 11 is 0. The van der Waals surface area contributed by atoms with Gasteiger partial charge in [-0.15, -0.1) is 0 Å². The van der Waals surface area contributed by atoms with Gasteiger partial charge in [-0.3, -0.25) is 0 Å². The summed E-state index contributed by atoms with van der Waals surface area (Å²) in [6, 6.07) is 0.924. The van der Waals surface area contributed by atoms with E-state index >= 15 is 0 Å². The van der Waals surface area contributed by atoms with Gasteiger partial charge in [0.25, 0.3) is 0 Å². The molecule has 1 N–H and O–H groups in total. The molecule has 0 unspecified atom stereocenters. The number of hydrogen-bond acceptors (Lipinski definition) is 3. The van der Waals surface area contributed by atoms with E-state index in [-0.39, 0.29) is 0 Å². The van der Waals surface area contributed by atoms with Gasteiger partial charge >= 0.3 is 0 Å². The van der Waals surface area contributed by atoms with Gasteiger partial charge in [0.2, 0.25) is 0 Å². The van der Waals surface area contributed by atoms with Gasteiger partial charge in [-0.1, -0.05) is 6.42 Å². The van der Waals surface area contributed by atoms with Crippen molar-refractivity contribution in [3.05, 3.63) is 0 Å². The van der Waals surface area contributed by atoms with Crippen LogP contribution in [0, 0.1) is 5.92 Å². The lowest BCUT2D eigenvalue weighted by atomic mass is 9.83. The smallest absolute Gasteiger partial charge is 0.0136 e. The topological polar surface area (TPSA) is 18.5 Å². The van der Waals surface area contributed by atoms with Gasteiger partial charge in [-0.05, 0) is 44.7 Å². The second-order valence-electron chi connectivity index (χ2n) is 6.05. The molecule has 3 nitrogen and oxygen atoms in total. The number of nitrogens with zero attached hydrogens (tertiary/aromatic N) is 2. The lowest BCUT2D eigenvalue weighted by Gasteiger charge is -2.46. The average molecular weight is 237 g/mol. The van der Waals surface area contributed by atoms with Crippen LogP contribution in [0.3, 0.4) is 0 Å². The van der Waals surface area contributed by atoms with Crippen LogP contribution in [-0.4, -0.2) is 61.7 Å². The Kier molecular flexibility index (Phi) is 3.99. The second kappa shape index (κ2) is 5.68. The van der Waals surface area contributed by atoms with E-state index in [0.29, 0.717) is 0 Å². The highest BCUT2D eigenvalue weighted by Crippen LogP contribution is 2.31. The first kappa shape index (κ1) is 11.9. The van der Waals surface area contributed by atoms with Crippen LogP contribution in [0.4, 0.5) is 0 Å². The molecule has 0 radical (unpaired) electrons. The predicted octanol–water partition coefficient (Wildman–Crippen LogP) is 1.16. The first-order chi connectivity index (χ1) is 8.43. The van der Waals surface area contributed by atoms with Crippen LogP contribution in [0.2, 0.25) is 0 Å². The fourth-order valence-electron chi connectivity index (χ4n) is 4.02. The lowest BCUT2D eigenvalue weighted by Crippen LogP contribution is -2.53. The quantitative estimate of drug-likeness (QED) is 0.777. The molecule has 3 heteroatoms. The van der Waals surface area contributed by atoms with Crippen LogP contribution in [0.15, 0.2) is 0 Å². The molecule has 3 fully saturated rings. The summed E-state index contributed by atoms with van der Waals surface area (Å²) in [6.45, 7) is 9.04. The van der Waals surface area contributed by atoms with Crippen molar-refractivity contribution in [3.63, 3.8) is 0 Å². The summed E-state index contributed by atoms with van der Waals surface area (Å²) in [4.78, 5) is 5.49. The van der Waals surface area contributed by atoms with Crippen LogP contribution in [-0.2, 0) is 0 Å². The molecule has 3 rings (SSSR count). The molecule has 0 spiro atoms. The maximum Gasteiger partial charge on any atom is 0.0136 e. The fraction of sp³-hybridized carbons (Fsp3) is 1.00. The number of hydrogen-bond donors (Lipinski definition) is 1. The molecule has 0 aromatic carbocycles. The van der Waals surface area contributed by atoms with Crippen molar-refractivity contribution in [1.29, 1.82) is 0 Å². The Labute approximate surface area is 106 Å². The van der Waals surface area contributed by atoms with Crippen molar-refractivity contribution in [2.24, 2.45) is 5.92 Å². The number of piperidine rings is 2. The molecule has 0 aromatic rings. The maximum absolute atomic E-state index is 3.46. The molecule has 3 aliphatic heterocycles. The Morgan fingerprint density at radius 3 is 2.59 bits per heavy atom. The molecule has 0 aliphatic carbocycles. The molecule has 3 saturated heterocycles. The second-order valence-corrected chi connectivity index (χ2v) is 6.05. The highest BCUT2D eigenvalue weighted by Gasteiger charge is 2.33. The lowest BCUT2D eigenvalue weighted by molar-refractivity contribution is 0.0383. The van der Waals surface area contributed by atoms with Crippen molar-refractivity contribution >= 4 is 0 Å². The molecule has 3 heterocycles. The third kappa shape index (κ3) is 2.83. The number of rotatable bonds is 2. The highest BCUT2D eigenvalue weighted by molar-refractivity contribution is 4.89. The Morgan fingerprint density at radius 1 is 0.882 bits per heavy atom. The summed E-state index contributed by atoms with van der Waals surface area (Å²) in [5.74, 6) is 0.960. The Hall–Kier alpha value is -0.120. The van der Waals surface area contributed by atoms with Crippen LogP contribution in [0.5, 0.6) is 0 Å². The molecule has 0 amide bonds. The Balaban J connectivity index is 1.56. The van der Waals surface area contributed by atoms with Gasteiger partial charge in [0.1, 0.15) is 0 Å². The maximum atomic E-state index is 3.46. The molecule has 98 valence electrons. The van der Waals surface area contributed by atoms with Crippen LogP contribution in [0.1, 0.15) is 32.1 Å². The normalized spacial score (nSPS) is 36.7. The van der Waals surface area contributed by atoms with Crippen molar-refractivity contribution in [1.82, 2.24) is 15.1 Å². The minimum Gasteiger partial charge on any atom is -0.314 e. The van der Waals surface area contributed by atoms with Crippen molar-refractivity contribution in [2.75, 3.05) is 45.8 Å². The van der Waals surface area contributed by atoms with E-state index in [4.69, 9.17) is 0 Å². The highest BCUT2D eigenvalue weighted by atomic mass is 15.2. The SMILES string of the molecule is C1CCN2CCC[C@H](CN3CCNCC3)[C@H]2C1. The summed E-state index contributed by atoms with van der Waals surface area (Å²) in [5.41, 5.74) is 0. The van der Waals surface area contributed by atoms with Crippen molar-refractivity contribution < 1.29 is 0 Å². The van der Waals surface area contributed by atoms with Gasteiger partial charge in [-0.2, -0.15) is 0 Å².